The van der Waals surface area contributed by atoms with E-state index in [-0.39, 0.29) is 28.5 Å². The number of nitrogens with zero attached hydrogens (tertiary/aromatic N) is 2. The lowest BCUT2D eigenvalue weighted by atomic mass is 9.69. The highest BCUT2D eigenvalue weighted by atomic mass is 32.1. The first-order valence-electron chi connectivity index (χ1n) is 10.8. The third-order valence-corrected chi connectivity index (χ3v) is 6.73. The van der Waals surface area contributed by atoms with Gasteiger partial charge in [-0.3, -0.25) is 15.0 Å². The summed E-state index contributed by atoms with van der Waals surface area (Å²) in [4.78, 5) is 26.8. The van der Waals surface area contributed by atoms with Crippen molar-refractivity contribution in [3.63, 3.8) is 0 Å². The fourth-order valence-electron chi connectivity index (χ4n) is 4.46. The fourth-order valence-corrected chi connectivity index (χ4v) is 5.07. The van der Waals surface area contributed by atoms with Gasteiger partial charge >= 0.3 is 0 Å². The lowest BCUT2D eigenvalue weighted by Gasteiger charge is -2.43. The smallest absolute Gasteiger partial charge is 0.280 e. The van der Waals surface area contributed by atoms with Crippen molar-refractivity contribution in [3.8, 4) is 11.8 Å². The number of nitrogens with two attached hydrogens (primary N) is 1. The molecule has 0 bridgehead atoms. The standard InChI is InChI=1S/C25H26N4O3S/c1-4-32-16-9-7-15(8-10-16)21-17(14-26)23(27)29(28-24(31)20-6-5-11-33-20)18-12-25(2,3)13-19(30)22(18)21/h5-11,21H,4,12-13,27H2,1-3H3,(H,28,31). The van der Waals surface area contributed by atoms with Crippen LogP contribution in [0.2, 0.25) is 0 Å². The van der Waals surface area contributed by atoms with Gasteiger partial charge in [0.1, 0.15) is 11.6 Å². The third kappa shape index (κ3) is 4.24. The van der Waals surface area contributed by atoms with E-state index in [1.54, 1.807) is 12.1 Å². The van der Waals surface area contributed by atoms with Crippen LogP contribution in [0.4, 0.5) is 0 Å². The summed E-state index contributed by atoms with van der Waals surface area (Å²) in [5, 5.41) is 13.3. The zero-order valence-electron chi connectivity index (χ0n) is 18.8. The maximum atomic E-state index is 13.4. The molecule has 170 valence electrons. The maximum Gasteiger partial charge on any atom is 0.280 e. The summed E-state index contributed by atoms with van der Waals surface area (Å²) in [6, 6.07) is 13.1. The molecule has 1 amide bonds. The minimum absolute atomic E-state index is 0.0456. The van der Waals surface area contributed by atoms with Crippen LogP contribution in [0, 0.1) is 16.7 Å². The normalized spacial score (nSPS) is 19.8. The van der Waals surface area contributed by atoms with Crippen LogP contribution < -0.4 is 15.9 Å². The van der Waals surface area contributed by atoms with Gasteiger partial charge in [0.05, 0.1) is 34.7 Å². The summed E-state index contributed by atoms with van der Waals surface area (Å²) in [6.07, 6.45) is 0.885. The van der Waals surface area contributed by atoms with E-state index in [0.717, 1.165) is 5.56 Å². The van der Waals surface area contributed by atoms with Crippen molar-refractivity contribution in [2.75, 3.05) is 6.61 Å². The molecule has 2 aromatic rings. The number of carbonyl (C=O) groups excluding carboxylic acids is 2. The zero-order valence-corrected chi connectivity index (χ0v) is 19.7. The molecule has 1 aliphatic heterocycles. The Labute approximate surface area is 197 Å². The average molecular weight is 463 g/mol. The molecule has 2 heterocycles. The van der Waals surface area contributed by atoms with E-state index in [0.29, 0.717) is 41.3 Å². The molecule has 0 fully saturated rings. The number of carbonyl (C=O) groups is 2. The number of hydrogen-bond donors (Lipinski definition) is 2. The van der Waals surface area contributed by atoms with Crippen LogP contribution in [0.15, 0.2) is 64.4 Å². The van der Waals surface area contributed by atoms with Crippen LogP contribution in [0.1, 0.15) is 54.8 Å². The largest absolute Gasteiger partial charge is 0.494 e. The molecular formula is C25H26N4O3S. The van der Waals surface area contributed by atoms with Gasteiger partial charge in [0.2, 0.25) is 0 Å². The molecule has 7 nitrogen and oxygen atoms in total. The lowest BCUT2D eigenvalue weighted by Crippen LogP contribution is -2.49. The van der Waals surface area contributed by atoms with Crippen molar-refractivity contribution in [3.05, 3.63) is 74.9 Å². The zero-order chi connectivity index (χ0) is 23.8. The predicted octanol–water partition coefficient (Wildman–Crippen LogP) is 4.23. The van der Waals surface area contributed by atoms with E-state index in [4.69, 9.17) is 10.5 Å². The Morgan fingerprint density at radius 1 is 1.30 bits per heavy atom. The van der Waals surface area contributed by atoms with Crippen molar-refractivity contribution in [2.24, 2.45) is 11.1 Å². The second-order valence-corrected chi connectivity index (χ2v) is 9.85. The summed E-state index contributed by atoms with van der Waals surface area (Å²) in [6.45, 7) is 6.48. The highest BCUT2D eigenvalue weighted by molar-refractivity contribution is 7.12. The first-order chi connectivity index (χ1) is 15.8. The van der Waals surface area contributed by atoms with Crippen molar-refractivity contribution >= 4 is 23.0 Å². The van der Waals surface area contributed by atoms with Gasteiger partial charge in [-0.15, -0.1) is 11.3 Å². The van der Waals surface area contributed by atoms with Gasteiger partial charge in [-0.05, 0) is 47.9 Å². The van der Waals surface area contributed by atoms with Crippen LogP contribution in [-0.4, -0.2) is 23.3 Å². The number of nitriles is 1. The summed E-state index contributed by atoms with van der Waals surface area (Å²) < 4.78 is 5.54. The Balaban J connectivity index is 1.83. The van der Waals surface area contributed by atoms with Gasteiger partial charge in [-0.2, -0.15) is 5.26 Å². The highest BCUT2D eigenvalue weighted by Gasteiger charge is 2.44. The topological polar surface area (TPSA) is 108 Å². The molecular weight excluding hydrogens is 436 g/mol. The SMILES string of the molecule is CCOc1ccc(C2C(C#N)=C(N)N(NC(=O)c3cccs3)C3=C2C(=O)CC(C)(C)C3)cc1. The highest BCUT2D eigenvalue weighted by Crippen LogP contribution is 2.48. The molecule has 1 atom stereocenters. The number of ketones is 1. The Morgan fingerprint density at radius 2 is 2.03 bits per heavy atom. The molecule has 33 heavy (non-hydrogen) atoms. The van der Waals surface area contributed by atoms with Crippen molar-refractivity contribution in [1.29, 1.82) is 5.26 Å². The third-order valence-electron chi connectivity index (χ3n) is 5.86. The lowest BCUT2D eigenvalue weighted by molar-refractivity contribution is -0.118. The number of amides is 1. The van der Waals surface area contributed by atoms with Gasteiger partial charge in [-0.25, -0.2) is 5.01 Å². The monoisotopic (exact) mass is 462 g/mol. The number of Topliss-reactive ketones (excluding diaryl/α,β-unsaturated/α-hetero) is 1. The van der Waals surface area contributed by atoms with Gasteiger partial charge in [-0.1, -0.05) is 32.0 Å². The quantitative estimate of drug-likeness (QED) is 0.688. The van der Waals surface area contributed by atoms with Crippen molar-refractivity contribution in [1.82, 2.24) is 10.4 Å². The van der Waals surface area contributed by atoms with E-state index in [1.165, 1.54) is 16.3 Å². The summed E-state index contributed by atoms with van der Waals surface area (Å²) in [5.41, 5.74) is 11.2. The molecule has 0 spiro atoms. The number of hydrogen-bond acceptors (Lipinski definition) is 7. The van der Waals surface area contributed by atoms with Crippen molar-refractivity contribution < 1.29 is 14.3 Å². The Bertz CT molecular complexity index is 1190. The number of hydrazine groups is 1. The number of benzene rings is 1. The molecule has 1 aliphatic carbocycles. The summed E-state index contributed by atoms with van der Waals surface area (Å²) >= 11 is 1.30. The minimum atomic E-state index is -0.598. The minimum Gasteiger partial charge on any atom is -0.494 e. The number of ether oxygens (including phenoxy) is 1. The van der Waals surface area contributed by atoms with Crippen LogP contribution >= 0.6 is 11.3 Å². The number of nitrogens with one attached hydrogen (secondary N) is 1. The first-order valence-corrected chi connectivity index (χ1v) is 11.7. The van der Waals surface area contributed by atoms with Crippen LogP contribution in [0.25, 0.3) is 0 Å². The second-order valence-electron chi connectivity index (χ2n) is 8.90. The molecule has 1 unspecified atom stereocenters. The van der Waals surface area contributed by atoms with E-state index in [2.05, 4.69) is 11.5 Å². The Morgan fingerprint density at radius 3 is 2.64 bits per heavy atom. The van der Waals surface area contributed by atoms with E-state index >= 15 is 0 Å². The number of allylic oxidation sites excluding steroid dienone is 3. The van der Waals surface area contributed by atoms with Gasteiger partial charge < -0.3 is 10.5 Å². The van der Waals surface area contributed by atoms with Crippen molar-refractivity contribution in [2.45, 2.75) is 39.5 Å². The second kappa shape index (κ2) is 8.75. The van der Waals surface area contributed by atoms with E-state index in [9.17, 15) is 14.9 Å². The Hall–Kier alpha value is -3.57. The van der Waals surface area contributed by atoms with Gasteiger partial charge in [0.25, 0.3) is 5.91 Å². The van der Waals surface area contributed by atoms with Crippen LogP contribution in [0.5, 0.6) is 5.75 Å². The number of thiophene rings is 1. The average Bonchev–Trinajstić information content (AvgIpc) is 3.30. The van der Waals surface area contributed by atoms with Gasteiger partial charge in [0, 0.05) is 12.0 Å². The molecule has 0 saturated heterocycles. The Kier molecular flexibility index (Phi) is 6.00. The summed E-state index contributed by atoms with van der Waals surface area (Å²) in [5.74, 6) is -0.143. The maximum absolute atomic E-state index is 13.4. The molecule has 0 saturated carbocycles. The van der Waals surface area contributed by atoms with E-state index < -0.39 is 5.92 Å². The molecule has 8 heteroatoms. The molecule has 4 rings (SSSR count). The molecule has 0 radical (unpaired) electrons. The fraction of sp³-hybridized carbons (Fsp3) is 0.320. The first kappa shape index (κ1) is 22.6. The molecule has 1 aromatic heterocycles. The van der Waals surface area contributed by atoms with Crippen LogP contribution in [0.3, 0.4) is 0 Å². The van der Waals surface area contributed by atoms with Crippen LogP contribution in [-0.2, 0) is 4.79 Å². The van der Waals surface area contributed by atoms with E-state index in [1.807, 2.05) is 50.4 Å². The summed E-state index contributed by atoms with van der Waals surface area (Å²) in [7, 11) is 0. The molecule has 2 aliphatic rings. The predicted molar refractivity (Wildman–Crippen MR) is 126 cm³/mol. The number of rotatable bonds is 5. The van der Waals surface area contributed by atoms with Gasteiger partial charge in [0.15, 0.2) is 5.78 Å². The molecule has 1 aromatic carbocycles. The molecule has 3 N–H and O–H groups in total.